The van der Waals surface area contributed by atoms with E-state index < -0.39 is 24.4 Å². The second-order valence-electron chi connectivity index (χ2n) is 6.17. The lowest BCUT2D eigenvalue weighted by atomic mass is 10.0. The van der Waals surface area contributed by atoms with Gasteiger partial charge in [-0.1, -0.05) is 47.6 Å². The highest BCUT2D eigenvalue weighted by Crippen LogP contribution is 2.19. The smallest absolute Gasteiger partial charge is 0.325 e. The van der Waals surface area contributed by atoms with E-state index in [1.807, 2.05) is 42.5 Å². The zero-order valence-electron chi connectivity index (χ0n) is 15.7. The van der Waals surface area contributed by atoms with Gasteiger partial charge in [0.2, 0.25) is 5.88 Å². The SMILES string of the molecule is Cc1cc(NC(=O)COC(=O)CNC(=O)c2ccc(-c3ccccc3)cc2)on1. The highest BCUT2D eigenvalue weighted by atomic mass is 16.5. The van der Waals surface area contributed by atoms with Crippen LogP contribution in [-0.4, -0.2) is 36.1 Å². The summed E-state index contributed by atoms with van der Waals surface area (Å²) in [6.45, 7) is 0.852. The molecule has 3 aromatic rings. The van der Waals surface area contributed by atoms with Crippen molar-refractivity contribution in [3.05, 3.63) is 71.9 Å². The van der Waals surface area contributed by atoms with Crippen molar-refractivity contribution in [2.75, 3.05) is 18.5 Å². The van der Waals surface area contributed by atoms with E-state index in [-0.39, 0.29) is 12.4 Å². The molecule has 3 rings (SSSR count). The summed E-state index contributed by atoms with van der Waals surface area (Å²) in [5.41, 5.74) is 3.05. The number of hydrogen-bond acceptors (Lipinski definition) is 6. The lowest BCUT2D eigenvalue weighted by Crippen LogP contribution is -2.32. The molecule has 0 saturated carbocycles. The van der Waals surface area contributed by atoms with Gasteiger partial charge in [-0.25, -0.2) is 0 Å². The van der Waals surface area contributed by atoms with Gasteiger partial charge in [-0.15, -0.1) is 0 Å². The molecule has 2 amide bonds. The first-order chi connectivity index (χ1) is 14.0. The number of aryl methyl sites for hydroxylation is 1. The van der Waals surface area contributed by atoms with Crippen LogP contribution in [-0.2, 0) is 14.3 Å². The number of hydrogen-bond donors (Lipinski definition) is 2. The Morgan fingerprint density at radius 2 is 1.69 bits per heavy atom. The second kappa shape index (κ2) is 9.32. The molecule has 148 valence electrons. The van der Waals surface area contributed by atoms with Crippen LogP contribution in [0.2, 0.25) is 0 Å². The molecule has 0 aliphatic carbocycles. The minimum absolute atomic E-state index is 0.163. The van der Waals surface area contributed by atoms with Crippen LogP contribution in [0.3, 0.4) is 0 Å². The predicted octanol–water partition coefficient (Wildman–Crippen LogP) is 2.56. The Hall–Kier alpha value is -3.94. The molecular formula is C21H19N3O5. The van der Waals surface area contributed by atoms with E-state index in [0.717, 1.165) is 11.1 Å². The Morgan fingerprint density at radius 3 is 2.34 bits per heavy atom. The molecule has 2 N–H and O–H groups in total. The molecule has 0 saturated heterocycles. The van der Waals surface area contributed by atoms with Crippen molar-refractivity contribution in [3.63, 3.8) is 0 Å². The average molecular weight is 393 g/mol. The van der Waals surface area contributed by atoms with E-state index in [0.29, 0.717) is 11.3 Å². The predicted molar refractivity (Wildman–Crippen MR) is 105 cm³/mol. The van der Waals surface area contributed by atoms with E-state index in [1.54, 1.807) is 19.1 Å². The number of aromatic nitrogens is 1. The first-order valence-corrected chi connectivity index (χ1v) is 8.84. The molecule has 1 aromatic heterocycles. The van der Waals surface area contributed by atoms with Crippen molar-refractivity contribution in [3.8, 4) is 11.1 Å². The number of rotatable bonds is 7. The number of nitrogens with one attached hydrogen (secondary N) is 2. The Morgan fingerprint density at radius 1 is 1.00 bits per heavy atom. The van der Waals surface area contributed by atoms with Gasteiger partial charge in [0.05, 0.1) is 5.69 Å². The first kappa shape index (κ1) is 19.8. The van der Waals surface area contributed by atoms with E-state index in [9.17, 15) is 14.4 Å². The van der Waals surface area contributed by atoms with E-state index in [2.05, 4.69) is 15.8 Å². The number of amides is 2. The summed E-state index contributed by atoms with van der Waals surface area (Å²) in [5.74, 6) is -1.56. The largest absolute Gasteiger partial charge is 0.454 e. The van der Waals surface area contributed by atoms with Gasteiger partial charge in [0.15, 0.2) is 6.61 Å². The van der Waals surface area contributed by atoms with Gasteiger partial charge in [-0.3, -0.25) is 19.7 Å². The number of carbonyl (C=O) groups excluding carboxylic acids is 3. The molecular weight excluding hydrogens is 374 g/mol. The number of nitrogens with zero attached hydrogens (tertiary/aromatic N) is 1. The lowest BCUT2D eigenvalue weighted by molar-refractivity contribution is -0.146. The lowest BCUT2D eigenvalue weighted by Gasteiger charge is -2.07. The third kappa shape index (κ3) is 5.77. The molecule has 0 aliphatic heterocycles. The zero-order valence-corrected chi connectivity index (χ0v) is 15.7. The fourth-order valence-corrected chi connectivity index (χ4v) is 2.49. The van der Waals surface area contributed by atoms with Gasteiger partial charge in [0, 0.05) is 11.6 Å². The molecule has 1 heterocycles. The van der Waals surface area contributed by atoms with Crippen molar-refractivity contribution in [1.29, 1.82) is 0 Å². The first-order valence-electron chi connectivity index (χ1n) is 8.84. The molecule has 0 unspecified atom stereocenters. The normalized spacial score (nSPS) is 10.2. The minimum Gasteiger partial charge on any atom is -0.454 e. The Balaban J connectivity index is 1.42. The van der Waals surface area contributed by atoms with E-state index in [4.69, 9.17) is 9.26 Å². The molecule has 2 aromatic carbocycles. The molecule has 0 aliphatic rings. The summed E-state index contributed by atoms with van der Waals surface area (Å²) < 4.78 is 9.65. The van der Waals surface area contributed by atoms with Gasteiger partial charge in [0.25, 0.3) is 11.8 Å². The summed E-state index contributed by atoms with van der Waals surface area (Å²) >= 11 is 0. The highest BCUT2D eigenvalue weighted by Gasteiger charge is 2.12. The Labute approximate surface area is 166 Å². The Bertz CT molecular complexity index is 997. The van der Waals surface area contributed by atoms with Crippen molar-refractivity contribution in [2.45, 2.75) is 6.92 Å². The molecule has 8 nitrogen and oxygen atoms in total. The molecule has 0 radical (unpaired) electrons. The van der Waals surface area contributed by atoms with Crippen LogP contribution in [0.4, 0.5) is 5.88 Å². The minimum atomic E-state index is -0.733. The quantitative estimate of drug-likeness (QED) is 0.597. The summed E-state index contributed by atoms with van der Waals surface area (Å²) in [5, 5.41) is 8.48. The highest BCUT2D eigenvalue weighted by molar-refractivity contribution is 5.96. The maximum Gasteiger partial charge on any atom is 0.325 e. The molecule has 0 atom stereocenters. The molecule has 0 bridgehead atoms. The van der Waals surface area contributed by atoms with Crippen molar-refractivity contribution in [1.82, 2.24) is 10.5 Å². The number of anilines is 1. The second-order valence-corrected chi connectivity index (χ2v) is 6.17. The van der Waals surface area contributed by atoms with Crippen LogP contribution in [0, 0.1) is 6.92 Å². The molecule has 0 fully saturated rings. The van der Waals surface area contributed by atoms with Crippen LogP contribution in [0.15, 0.2) is 65.2 Å². The third-order valence-corrected chi connectivity index (χ3v) is 3.90. The van der Waals surface area contributed by atoms with Crippen LogP contribution in [0.25, 0.3) is 11.1 Å². The molecule has 8 heteroatoms. The van der Waals surface area contributed by atoms with E-state index >= 15 is 0 Å². The molecule has 0 spiro atoms. The van der Waals surface area contributed by atoms with Crippen molar-refractivity contribution in [2.24, 2.45) is 0 Å². The third-order valence-electron chi connectivity index (χ3n) is 3.90. The topological polar surface area (TPSA) is 111 Å². The van der Waals surface area contributed by atoms with Crippen LogP contribution in [0.5, 0.6) is 0 Å². The monoisotopic (exact) mass is 393 g/mol. The van der Waals surface area contributed by atoms with Crippen LogP contribution in [0.1, 0.15) is 16.1 Å². The number of ether oxygens (including phenoxy) is 1. The van der Waals surface area contributed by atoms with Gasteiger partial charge in [-0.05, 0) is 30.2 Å². The number of benzene rings is 2. The summed E-state index contributed by atoms with van der Waals surface area (Å²) in [6.07, 6.45) is 0. The van der Waals surface area contributed by atoms with Crippen LogP contribution >= 0.6 is 0 Å². The number of esters is 1. The molecule has 29 heavy (non-hydrogen) atoms. The maximum atomic E-state index is 12.2. The van der Waals surface area contributed by atoms with Crippen molar-refractivity contribution < 1.29 is 23.6 Å². The van der Waals surface area contributed by atoms with Gasteiger partial charge < -0.3 is 14.6 Å². The van der Waals surface area contributed by atoms with Gasteiger partial charge in [0.1, 0.15) is 6.54 Å². The maximum absolute atomic E-state index is 12.2. The zero-order chi connectivity index (χ0) is 20.6. The summed E-state index contributed by atoms with van der Waals surface area (Å²) in [7, 11) is 0. The Kier molecular flexibility index (Phi) is 6.36. The van der Waals surface area contributed by atoms with Crippen molar-refractivity contribution >= 4 is 23.7 Å². The summed E-state index contributed by atoms with van der Waals surface area (Å²) in [6, 6.07) is 18.3. The van der Waals surface area contributed by atoms with Gasteiger partial charge >= 0.3 is 5.97 Å². The number of carbonyl (C=O) groups is 3. The van der Waals surface area contributed by atoms with Crippen LogP contribution < -0.4 is 10.6 Å². The fourth-order valence-electron chi connectivity index (χ4n) is 2.49. The van der Waals surface area contributed by atoms with Gasteiger partial charge in [-0.2, -0.15) is 0 Å². The fraction of sp³-hybridized carbons (Fsp3) is 0.143. The standard InChI is InChI=1S/C21H19N3O5/c1-14-11-19(29-24-14)23-18(25)13-28-20(26)12-22-21(27)17-9-7-16(8-10-17)15-5-3-2-4-6-15/h2-11H,12-13H2,1H3,(H,22,27)(H,23,25). The average Bonchev–Trinajstić information content (AvgIpc) is 3.15. The van der Waals surface area contributed by atoms with E-state index in [1.165, 1.54) is 6.07 Å². The summed E-state index contributed by atoms with van der Waals surface area (Å²) in [4.78, 5) is 35.6.